The quantitative estimate of drug-likeness (QED) is 0.464. The molecule has 9 heteroatoms. The highest BCUT2D eigenvalue weighted by Gasteiger charge is 2.14. The monoisotopic (exact) mass is 419 g/mol. The fourth-order valence-electron chi connectivity index (χ4n) is 2.54. The molecule has 0 atom stereocenters. The van der Waals surface area contributed by atoms with Gasteiger partial charge in [-0.3, -0.25) is 0 Å². The van der Waals surface area contributed by atoms with Crippen molar-refractivity contribution in [3.63, 3.8) is 0 Å². The average molecular weight is 420 g/mol. The molecule has 6 nitrogen and oxygen atoms in total. The molecule has 27 heavy (non-hydrogen) atoms. The smallest absolute Gasteiger partial charge is 0.235 e. The molecule has 4 rings (SSSR count). The summed E-state index contributed by atoms with van der Waals surface area (Å²) in [7, 11) is 4.01. The molecule has 0 radical (unpaired) electrons. The van der Waals surface area contributed by atoms with Crippen molar-refractivity contribution in [1.82, 2.24) is 19.8 Å². The molecule has 0 aliphatic carbocycles. The van der Waals surface area contributed by atoms with Crippen molar-refractivity contribution in [1.29, 1.82) is 0 Å². The molecule has 0 saturated heterocycles. The fourth-order valence-corrected chi connectivity index (χ4v) is 3.74. The Bertz CT molecular complexity index is 1090. The summed E-state index contributed by atoms with van der Waals surface area (Å²) in [6, 6.07) is 13.2. The van der Waals surface area contributed by atoms with Gasteiger partial charge in [-0.15, -0.1) is 10.2 Å². The predicted octanol–water partition coefficient (Wildman–Crippen LogP) is 4.80. The van der Waals surface area contributed by atoms with Crippen LogP contribution in [0.25, 0.3) is 16.3 Å². The van der Waals surface area contributed by atoms with Gasteiger partial charge >= 0.3 is 0 Å². The summed E-state index contributed by atoms with van der Waals surface area (Å²) >= 11 is 13.5. The number of aromatic nitrogens is 4. The van der Waals surface area contributed by atoms with Gasteiger partial charge in [0.15, 0.2) is 10.8 Å². The van der Waals surface area contributed by atoms with Crippen molar-refractivity contribution in [2.24, 2.45) is 0 Å². The molecule has 0 spiro atoms. The van der Waals surface area contributed by atoms with Gasteiger partial charge in [-0.2, -0.15) is 9.61 Å². The largest absolute Gasteiger partial charge is 0.485 e. The third-order valence-corrected chi connectivity index (χ3v) is 5.32. The maximum atomic E-state index is 6.14. The first-order valence-electron chi connectivity index (χ1n) is 8.08. The number of rotatable bonds is 5. The molecule has 0 saturated carbocycles. The second-order valence-corrected chi connectivity index (χ2v) is 7.90. The number of halogens is 2. The number of ether oxygens (including phenoxy) is 1. The van der Waals surface area contributed by atoms with Gasteiger partial charge in [-0.25, -0.2) is 0 Å². The van der Waals surface area contributed by atoms with Crippen molar-refractivity contribution in [2.75, 3.05) is 19.0 Å². The molecular formula is C18H15Cl2N5OS. The molecule has 0 amide bonds. The molecule has 138 valence electrons. The normalized spacial score (nSPS) is 11.1. The molecular weight excluding hydrogens is 405 g/mol. The van der Waals surface area contributed by atoms with Crippen LogP contribution in [0.1, 0.15) is 5.01 Å². The van der Waals surface area contributed by atoms with Gasteiger partial charge < -0.3 is 9.64 Å². The number of benzene rings is 2. The van der Waals surface area contributed by atoms with Crippen molar-refractivity contribution in [2.45, 2.75) is 6.61 Å². The summed E-state index contributed by atoms with van der Waals surface area (Å²) < 4.78 is 7.49. The summed E-state index contributed by atoms with van der Waals surface area (Å²) in [5, 5.41) is 14.9. The average Bonchev–Trinajstić information content (AvgIpc) is 3.21. The van der Waals surface area contributed by atoms with Crippen LogP contribution in [-0.2, 0) is 6.61 Å². The Balaban J connectivity index is 1.56. The van der Waals surface area contributed by atoms with Crippen LogP contribution in [0.5, 0.6) is 5.75 Å². The molecule has 0 aliphatic rings. The highest BCUT2D eigenvalue weighted by Crippen LogP contribution is 2.29. The first kappa shape index (κ1) is 18.0. The number of hydrogen-bond donors (Lipinski definition) is 0. The van der Waals surface area contributed by atoms with Crippen LogP contribution in [-0.4, -0.2) is 33.9 Å². The van der Waals surface area contributed by atoms with Crippen molar-refractivity contribution >= 4 is 45.2 Å². The zero-order valence-corrected chi connectivity index (χ0v) is 16.9. The molecule has 0 bridgehead atoms. The summed E-state index contributed by atoms with van der Waals surface area (Å²) in [5.41, 5.74) is 2.07. The van der Waals surface area contributed by atoms with E-state index in [1.807, 2.05) is 43.3 Å². The van der Waals surface area contributed by atoms with E-state index in [1.165, 1.54) is 11.3 Å². The van der Waals surface area contributed by atoms with E-state index >= 15 is 0 Å². The van der Waals surface area contributed by atoms with Crippen LogP contribution in [0.15, 0.2) is 42.5 Å². The van der Waals surface area contributed by atoms with E-state index < -0.39 is 0 Å². The number of nitrogens with zero attached hydrogens (tertiary/aromatic N) is 5. The molecule has 0 fully saturated rings. The van der Waals surface area contributed by atoms with E-state index in [9.17, 15) is 0 Å². The van der Waals surface area contributed by atoms with Crippen LogP contribution in [0, 0.1) is 0 Å². The van der Waals surface area contributed by atoms with Gasteiger partial charge in [0.2, 0.25) is 4.96 Å². The lowest BCUT2D eigenvalue weighted by Crippen LogP contribution is -2.08. The Hall–Kier alpha value is -2.35. The van der Waals surface area contributed by atoms with Gasteiger partial charge in [-0.1, -0.05) is 34.5 Å². The van der Waals surface area contributed by atoms with E-state index in [-0.39, 0.29) is 6.61 Å². The minimum atomic E-state index is 0.286. The van der Waals surface area contributed by atoms with E-state index in [2.05, 4.69) is 15.3 Å². The van der Waals surface area contributed by atoms with Crippen LogP contribution in [0.2, 0.25) is 10.0 Å². The second-order valence-electron chi connectivity index (χ2n) is 6.02. The van der Waals surface area contributed by atoms with Gasteiger partial charge in [0.05, 0.1) is 5.02 Å². The molecule has 2 heterocycles. The number of hydrogen-bond acceptors (Lipinski definition) is 6. The van der Waals surface area contributed by atoms with E-state index in [1.54, 1.807) is 22.7 Å². The summed E-state index contributed by atoms with van der Waals surface area (Å²) in [6.45, 7) is 0.286. The Morgan fingerprint density at radius 3 is 2.56 bits per heavy atom. The standard InChI is InChI=1S/C18H15Cl2N5OS/c1-24(2)13-6-3-11(4-7-13)17-21-22-18-25(17)23-16(27-18)10-26-15-8-5-12(19)9-14(15)20/h3-9H,10H2,1-2H3. The van der Waals surface area contributed by atoms with Crippen LogP contribution < -0.4 is 9.64 Å². The van der Waals surface area contributed by atoms with Crippen LogP contribution >= 0.6 is 34.5 Å². The van der Waals surface area contributed by atoms with Gasteiger partial charge in [0.1, 0.15) is 12.4 Å². The third kappa shape index (κ3) is 3.71. The first-order valence-corrected chi connectivity index (χ1v) is 9.65. The van der Waals surface area contributed by atoms with Crippen molar-refractivity contribution in [3.05, 3.63) is 57.5 Å². The van der Waals surface area contributed by atoms with Crippen LogP contribution in [0.4, 0.5) is 5.69 Å². The lowest BCUT2D eigenvalue weighted by Gasteiger charge is -2.12. The van der Waals surface area contributed by atoms with Gasteiger partial charge in [0.25, 0.3) is 0 Å². The molecule has 4 aromatic rings. The SMILES string of the molecule is CN(C)c1ccc(-c2nnc3sc(COc4ccc(Cl)cc4Cl)nn23)cc1. The lowest BCUT2D eigenvalue weighted by atomic mass is 10.2. The Morgan fingerprint density at radius 1 is 1.07 bits per heavy atom. The minimum Gasteiger partial charge on any atom is -0.485 e. The molecule has 2 aromatic heterocycles. The zero-order chi connectivity index (χ0) is 19.0. The number of fused-ring (bicyclic) bond motifs is 1. The topological polar surface area (TPSA) is 55.5 Å². The molecule has 0 N–H and O–H groups in total. The maximum absolute atomic E-state index is 6.14. The zero-order valence-electron chi connectivity index (χ0n) is 14.6. The van der Waals surface area contributed by atoms with E-state index in [0.29, 0.717) is 26.6 Å². The summed E-state index contributed by atoms with van der Waals surface area (Å²) in [6.07, 6.45) is 0. The lowest BCUT2D eigenvalue weighted by molar-refractivity contribution is 0.304. The van der Waals surface area contributed by atoms with Crippen molar-refractivity contribution < 1.29 is 4.74 Å². The Kier molecular flexibility index (Phi) is 4.90. The molecule has 2 aromatic carbocycles. The third-order valence-electron chi connectivity index (χ3n) is 3.92. The van der Waals surface area contributed by atoms with Gasteiger partial charge in [0, 0.05) is 30.4 Å². The minimum absolute atomic E-state index is 0.286. The summed E-state index contributed by atoms with van der Waals surface area (Å²) in [5.74, 6) is 1.26. The Labute approximate surface area is 169 Å². The first-order chi connectivity index (χ1) is 13.0. The predicted molar refractivity (Wildman–Crippen MR) is 109 cm³/mol. The molecule has 0 unspecified atom stereocenters. The fraction of sp³-hybridized carbons (Fsp3) is 0.167. The highest BCUT2D eigenvalue weighted by molar-refractivity contribution is 7.16. The molecule has 0 aliphatic heterocycles. The van der Waals surface area contributed by atoms with E-state index in [4.69, 9.17) is 27.9 Å². The maximum Gasteiger partial charge on any atom is 0.235 e. The second kappa shape index (κ2) is 7.34. The van der Waals surface area contributed by atoms with Crippen molar-refractivity contribution in [3.8, 4) is 17.1 Å². The van der Waals surface area contributed by atoms with E-state index in [0.717, 1.165) is 16.3 Å². The van der Waals surface area contributed by atoms with Gasteiger partial charge in [-0.05, 0) is 42.5 Å². The number of anilines is 1. The highest BCUT2D eigenvalue weighted by atomic mass is 35.5. The van der Waals surface area contributed by atoms with Crippen LogP contribution in [0.3, 0.4) is 0 Å². The summed E-state index contributed by atoms with van der Waals surface area (Å²) in [4.78, 5) is 2.76. The Morgan fingerprint density at radius 2 is 1.85 bits per heavy atom.